The summed E-state index contributed by atoms with van der Waals surface area (Å²) in [5.41, 5.74) is 5.58. The van der Waals surface area contributed by atoms with Crippen molar-refractivity contribution < 1.29 is 0 Å². The van der Waals surface area contributed by atoms with Gasteiger partial charge in [-0.2, -0.15) is 0 Å². The number of hydrogen-bond acceptors (Lipinski definition) is 2. The standard InChI is InChI=1S/C18H22N2/c1-3-19-14(2)15-8-10-18(11-9-15)20-12-16-6-4-5-7-17(16)13-20/h4-11,14,19H,3,12-13H2,1-2H3. The van der Waals surface area contributed by atoms with Gasteiger partial charge in [0.15, 0.2) is 0 Å². The summed E-state index contributed by atoms with van der Waals surface area (Å²) >= 11 is 0. The first kappa shape index (κ1) is 13.2. The summed E-state index contributed by atoms with van der Waals surface area (Å²) in [4.78, 5) is 2.44. The maximum Gasteiger partial charge on any atom is 0.0436 e. The highest BCUT2D eigenvalue weighted by atomic mass is 15.1. The molecule has 20 heavy (non-hydrogen) atoms. The molecular formula is C18H22N2. The molecule has 0 saturated heterocycles. The lowest BCUT2D eigenvalue weighted by molar-refractivity contribution is 0.598. The van der Waals surface area contributed by atoms with E-state index < -0.39 is 0 Å². The van der Waals surface area contributed by atoms with Crippen molar-refractivity contribution in [2.75, 3.05) is 11.4 Å². The van der Waals surface area contributed by atoms with Crippen LogP contribution >= 0.6 is 0 Å². The van der Waals surface area contributed by atoms with E-state index in [9.17, 15) is 0 Å². The maximum atomic E-state index is 3.45. The van der Waals surface area contributed by atoms with E-state index in [0.717, 1.165) is 19.6 Å². The van der Waals surface area contributed by atoms with Crippen molar-refractivity contribution in [2.45, 2.75) is 33.0 Å². The van der Waals surface area contributed by atoms with E-state index in [1.165, 1.54) is 22.4 Å². The van der Waals surface area contributed by atoms with Gasteiger partial charge in [-0.15, -0.1) is 0 Å². The molecule has 1 heterocycles. The van der Waals surface area contributed by atoms with Crippen LogP contribution in [-0.4, -0.2) is 6.54 Å². The number of nitrogens with one attached hydrogen (secondary N) is 1. The molecule has 0 spiro atoms. The van der Waals surface area contributed by atoms with Crippen LogP contribution in [-0.2, 0) is 13.1 Å². The largest absolute Gasteiger partial charge is 0.363 e. The highest BCUT2D eigenvalue weighted by Crippen LogP contribution is 2.28. The van der Waals surface area contributed by atoms with Gasteiger partial charge in [0.2, 0.25) is 0 Å². The van der Waals surface area contributed by atoms with Crippen molar-refractivity contribution in [3.8, 4) is 0 Å². The minimum atomic E-state index is 0.421. The number of hydrogen-bond donors (Lipinski definition) is 1. The second-order valence-corrected chi connectivity index (χ2v) is 5.50. The minimum absolute atomic E-state index is 0.421. The first-order chi connectivity index (χ1) is 9.78. The van der Waals surface area contributed by atoms with Crippen LogP contribution < -0.4 is 10.2 Å². The number of fused-ring (bicyclic) bond motifs is 1. The Hall–Kier alpha value is -1.80. The van der Waals surface area contributed by atoms with Crippen LogP contribution in [0.3, 0.4) is 0 Å². The normalized spacial score (nSPS) is 15.2. The maximum absolute atomic E-state index is 3.45. The zero-order valence-electron chi connectivity index (χ0n) is 12.3. The van der Waals surface area contributed by atoms with Crippen LogP contribution in [0.25, 0.3) is 0 Å². The molecule has 0 bridgehead atoms. The molecule has 0 saturated carbocycles. The fourth-order valence-electron chi connectivity index (χ4n) is 2.91. The predicted molar refractivity (Wildman–Crippen MR) is 84.9 cm³/mol. The van der Waals surface area contributed by atoms with Gasteiger partial charge in [-0.1, -0.05) is 43.3 Å². The average molecular weight is 266 g/mol. The molecule has 3 rings (SSSR count). The molecule has 1 N–H and O–H groups in total. The van der Waals surface area contributed by atoms with E-state index >= 15 is 0 Å². The molecule has 0 fully saturated rings. The molecule has 2 nitrogen and oxygen atoms in total. The van der Waals surface area contributed by atoms with E-state index in [0.29, 0.717) is 6.04 Å². The van der Waals surface area contributed by atoms with Gasteiger partial charge in [-0.25, -0.2) is 0 Å². The van der Waals surface area contributed by atoms with Gasteiger partial charge < -0.3 is 10.2 Å². The van der Waals surface area contributed by atoms with Crippen molar-refractivity contribution in [3.63, 3.8) is 0 Å². The summed E-state index contributed by atoms with van der Waals surface area (Å²) < 4.78 is 0. The Morgan fingerprint density at radius 2 is 1.60 bits per heavy atom. The summed E-state index contributed by atoms with van der Waals surface area (Å²) in [6.45, 7) is 7.41. The van der Waals surface area contributed by atoms with Crippen LogP contribution in [0.2, 0.25) is 0 Å². The monoisotopic (exact) mass is 266 g/mol. The Kier molecular flexibility index (Phi) is 3.75. The van der Waals surface area contributed by atoms with Crippen molar-refractivity contribution in [3.05, 3.63) is 65.2 Å². The molecule has 2 heteroatoms. The molecule has 0 radical (unpaired) electrons. The molecule has 0 aliphatic carbocycles. The Bertz CT molecular complexity index is 549. The van der Waals surface area contributed by atoms with Gasteiger partial charge in [0.1, 0.15) is 0 Å². The second kappa shape index (κ2) is 5.68. The molecule has 2 aromatic rings. The zero-order chi connectivity index (χ0) is 13.9. The lowest BCUT2D eigenvalue weighted by Gasteiger charge is -2.19. The lowest BCUT2D eigenvalue weighted by Crippen LogP contribution is -2.18. The second-order valence-electron chi connectivity index (χ2n) is 5.50. The lowest BCUT2D eigenvalue weighted by atomic mass is 10.1. The number of anilines is 1. The smallest absolute Gasteiger partial charge is 0.0436 e. The van der Waals surface area contributed by atoms with Crippen LogP contribution in [0.4, 0.5) is 5.69 Å². The summed E-state index contributed by atoms with van der Waals surface area (Å²) in [5, 5.41) is 3.45. The number of benzene rings is 2. The Morgan fingerprint density at radius 3 is 2.15 bits per heavy atom. The molecule has 0 amide bonds. The molecular weight excluding hydrogens is 244 g/mol. The summed E-state index contributed by atoms with van der Waals surface area (Å²) in [6.07, 6.45) is 0. The van der Waals surface area contributed by atoms with Gasteiger partial charge in [0.25, 0.3) is 0 Å². The van der Waals surface area contributed by atoms with Crippen molar-refractivity contribution in [1.82, 2.24) is 5.32 Å². The predicted octanol–water partition coefficient (Wildman–Crippen LogP) is 3.88. The van der Waals surface area contributed by atoms with Gasteiger partial charge >= 0.3 is 0 Å². The molecule has 1 aliphatic heterocycles. The van der Waals surface area contributed by atoms with E-state index in [1.807, 2.05) is 0 Å². The molecule has 1 unspecified atom stereocenters. The Labute approximate surface area is 121 Å². The highest BCUT2D eigenvalue weighted by Gasteiger charge is 2.18. The first-order valence-corrected chi connectivity index (χ1v) is 7.43. The van der Waals surface area contributed by atoms with E-state index in [1.54, 1.807) is 0 Å². The SMILES string of the molecule is CCNC(C)c1ccc(N2Cc3ccccc3C2)cc1. The quantitative estimate of drug-likeness (QED) is 0.903. The fourth-order valence-corrected chi connectivity index (χ4v) is 2.91. The van der Waals surface area contributed by atoms with Crippen LogP contribution in [0, 0.1) is 0 Å². The third kappa shape index (κ3) is 2.56. The average Bonchev–Trinajstić information content (AvgIpc) is 2.91. The summed E-state index contributed by atoms with van der Waals surface area (Å²) in [5.74, 6) is 0. The molecule has 1 atom stereocenters. The Balaban J connectivity index is 1.74. The fraction of sp³-hybridized carbons (Fsp3) is 0.333. The summed E-state index contributed by atoms with van der Waals surface area (Å²) in [7, 11) is 0. The van der Waals surface area contributed by atoms with Crippen LogP contribution in [0.1, 0.15) is 36.6 Å². The summed E-state index contributed by atoms with van der Waals surface area (Å²) in [6, 6.07) is 18.1. The molecule has 0 aromatic heterocycles. The minimum Gasteiger partial charge on any atom is -0.363 e. The van der Waals surface area contributed by atoms with Crippen molar-refractivity contribution in [2.24, 2.45) is 0 Å². The third-order valence-corrected chi connectivity index (χ3v) is 4.11. The van der Waals surface area contributed by atoms with Gasteiger partial charge in [0, 0.05) is 24.8 Å². The van der Waals surface area contributed by atoms with Gasteiger partial charge in [0.05, 0.1) is 0 Å². The zero-order valence-corrected chi connectivity index (χ0v) is 12.3. The van der Waals surface area contributed by atoms with Crippen molar-refractivity contribution >= 4 is 5.69 Å². The van der Waals surface area contributed by atoms with Gasteiger partial charge in [-0.3, -0.25) is 0 Å². The third-order valence-electron chi connectivity index (χ3n) is 4.11. The topological polar surface area (TPSA) is 15.3 Å². The Morgan fingerprint density at radius 1 is 1.00 bits per heavy atom. The van der Waals surface area contributed by atoms with E-state index in [4.69, 9.17) is 0 Å². The van der Waals surface area contributed by atoms with Crippen molar-refractivity contribution in [1.29, 1.82) is 0 Å². The van der Waals surface area contributed by atoms with E-state index in [-0.39, 0.29) is 0 Å². The first-order valence-electron chi connectivity index (χ1n) is 7.43. The molecule has 2 aromatic carbocycles. The van der Waals surface area contributed by atoms with E-state index in [2.05, 4.69) is 72.6 Å². The molecule has 1 aliphatic rings. The van der Waals surface area contributed by atoms with Gasteiger partial charge in [-0.05, 0) is 42.3 Å². The molecule has 104 valence electrons. The number of nitrogens with zero attached hydrogens (tertiary/aromatic N) is 1. The number of rotatable bonds is 4. The highest BCUT2D eigenvalue weighted by molar-refractivity contribution is 5.52. The van der Waals surface area contributed by atoms with Crippen LogP contribution in [0.15, 0.2) is 48.5 Å². The van der Waals surface area contributed by atoms with Crippen LogP contribution in [0.5, 0.6) is 0 Å².